The number of benzene rings is 2. The molecule has 10 nitrogen and oxygen atoms in total. The summed E-state index contributed by atoms with van der Waals surface area (Å²) in [7, 11) is 0. The molecule has 2 aromatic carbocycles. The lowest BCUT2D eigenvalue weighted by Gasteiger charge is -2.50. The second kappa shape index (κ2) is 7.66. The number of phenolic OH excluding ortho intramolecular Hbond substituents is 3. The first-order chi connectivity index (χ1) is 14.7. The van der Waals surface area contributed by atoms with Gasteiger partial charge in [0.1, 0.15) is 59.1 Å². The molecule has 0 radical (unpaired) electrons. The fourth-order valence-corrected chi connectivity index (χ4v) is 4.22. The van der Waals surface area contributed by atoms with Gasteiger partial charge in [-0.15, -0.1) is 0 Å². The maximum absolute atomic E-state index is 13.1. The van der Waals surface area contributed by atoms with Crippen molar-refractivity contribution in [2.45, 2.75) is 42.5 Å². The fourth-order valence-electron chi connectivity index (χ4n) is 4.22. The van der Waals surface area contributed by atoms with E-state index in [2.05, 4.69) is 0 Å². The van der Waals surface area contributed by atoms with E-state index in [1.807, 2.05) is 0 Å². The van der Waals surface area contributed by atoms with Crippen molar-refractivity contribution < 1.29 is 50.0 Å². The molecule has 0 saturated carbocycles. The quantitative estimate of drug-likeness (QED) is 0.333. The Balaban J connectivity index is 1.90. The van der Waals surface area contributed by atoms with Crippen molar-refractivity contribution in [3.8, 4) is 23.0 Å². The van der Waals surface area contributed by atoms with Gasteiger partial charge in [0.2, 0.25) is 0 Å². The van der Waals surface area contributed by atoms with Gasteiger partial charge in [0.25, 0.3) is 0 Å². The summed E-state index contributed by atoms with van der Waals surface area (Å²) in [6, 6.07) is 7.61. The van der Waals surface area contributed by atoms with Crippen LogP contribution < -0.4 is 4.74 Å². The number of hydrogen-bond acceptors (Lipinski definition) is 10. The monoisotopic (exact) mass is 434 g/mol. The van der Waals surface area contributed by atoms with Crippen LogP contribution in [0.2, 0.25) is 0 Å². The van der Waals surface area contributed by atoms with Gasteiger partial charge in [-0.1, -0.05) is 12.1 Å². The molecule has 6 atom stereocenters. The number of carbonyl (C=O) groups excluding carboxylic acids is 1. The molecule has 1 fully saturated rings. The van der Waals surface area contributed by atoms with Gasteiger partial charge in [-0.2, -0.15) is 0 Å². The molecule has 2 aliphatic rings. The van der Waals surface area contributed by atoms with Gasteiger partial charge in [0.05, 0.1) is 13.0 Å². The van der Waals surface area contributed by atoms with Crippen LogP contribution in [0.25, 0.3) is 0 Å². The molecule has 2 aromatic rings. The van der Waals surface area contributed by atoms with Crippen molar-refractivity contribution >= 4 is 5.78 Å². The topological polar surface area (TPSA) is 177 Å². The lowest BCUT2D eigenvalue weighted by molar-refractivity contribution is -0.268. The third kappa shape index (κ3) is 3.38. The van der Waals surface area contributed by atoms with Crippen LogP contribution in [0, 0.1) is 0 Å². The van der Waals surface area contributed by atoms with Crippen molar-refractivity contribution in [2.75, 3.05) is 6.61 Å². The number of aliphatic hydroxyl groups is 4. The highest BCUT2D eigenvalue weighted by molar-refractivity contribution is 6.03. The second-order valence-electron chi connectivity index (χ2n) is 7.73. The molecule has 7 N–H and O–H groups in total. The largest absolute Gasteiger partial charge is 0.508 e. The Kier molecular flexibility index (Phi) is 5.28. The SMILES string of the molecule is O=C1CC(c2ccc(O)cc2)([C@H]2O[C@H](CO)[C@@H](O)[C@H](O)[C@H]2O)Oc2cc(O)cc(O)c21. The highest BCUT2D eigenvalue weighted by atomic mass is 16.6. The highest BCUT2D eigenvalue weighted by Gasteiger charge is 2.58. The van der Waals surface area contributed by atoms with E-state index in [4.69, 9.17) is 9.47 Å². The summed E-state index contributed by atoms with van der Waals surface area (Å²) in [5.41, 5.74) is -1.68. The molecule has 2 aliphatic heterocycles. The molecule has 31 heavy (non-hydrogen) atoms. The predicted octanol–water partition coefficient (Wildman–Crippen LogP) is -0.494. The number of ketones is 1. The average Bonchev–Trinajstić information content (AvgIpc) is 2.71. The Hall–Kier alpha value is -2.89. The maximum atomic E-state index is 13.1. The Morgan fingerprint density at radius 3 is 2.26 bits per heavy atom. The van der Waals surface area contributed by atoms with Crippen molar-refractivity contribution in [1.29, 1.82) is 0 Å². The van der Waals surface area contributed by atoms with E-state index in [0.717, 1.165) is 12.1 Å². The van der Waals surface area contributed by atoms with Crippen LogP contribution in [0.15, 0.2) is 36.4 Å². The van der Waals surface area contributed by atoms with Crippen molar-refractivity contribution in [3.05, 3.63) is 47.5 Å². The lowest BCUT2D eigenvalue weighted by atomic mass is 9.75. The summed E-state index contributed by atoms with van der Waals surface area (Å²) in [5, 5.41) is 70.4. The molecule has 1 saturated heterocycles. The molecular weight excluding hydrogens is 412 g/mol. The first-order valence-electron chi connectivity index (χ1n) is 9.56. The van der Waals surface area contributed by atoms with Crippen LogP contribution in [-0.4, -0.2) is 78.7 Å². The normalized spacial score (nSPS) is 32.9. The number of ether oxygens (including phenoxy) is 2. The molecule has 0 aliphatic carbocycles. The number of phenols is 3. The third-order valence-corrected chi connectivity index (χ3v) is 5.77. The molecule has 10 heteroatoms. The lowest BCUT2D eigenvalue weighted by Crippen LogP contribution is -2.66. The number of aliphatic hydroxyl groups excluding tert-OH is 4. The van der Waals surface area contributed by atoms with Crippen LogP contribution >= 0.6 is 0 Å². The summed E-state index contributed by atoms with van der Waals surface area (Å²) >= 11 is 0. The van der Waals surface area contributed by atoms with E-state index in [1.54, 1.807) is 0 Å². The van der Waals surface area contributed by atoms with Gasteiger partial charge in [0, 0.05) is 12.1 Å². The zero-order valence-corrected chi connectivity index (χ0v) is 16.1. The van der Waals surface area contributed by atoms with Crippen molar-refractivity contribution in [3.63, 3.8) is 0 Å². The minimum absolute atomic E-state index is 0.0782. The standard InChI is InChI=1S/C21H22O10/c22-8-15-17(27)18(28)19(29)20(30-15)21(9-1-3-10(23)4-2-9)7-13(26)16-12(25)5-11(24)6-14(16)31-21/h1-6,15,17-20,22-25,27-29H,7-8H2/t15-,17-,18+,19-,20+,21?/m1/s1. The number of aromatic hydroxyl groups is 3. The molecule has 4 rings (SSSR count). The van der Waals surface area contributed by atoms with E-state index >= 15 is 0 Å². The van der Waals surface area contributed by atoms with E-state index in [-0.39, 0.29) is 28.4 Å². The van der Waals surface area contributed by atoms with Gasteiger partial charge >= 0.3 is 0 Å². The number of carbonyl (C=O) groups is 1. The highest BCUT2D eigenvalue weighted by Crippen LogP contribution is 2.49. The average molecular weight is 434 g/mol. The molecular formula is C21H22O10. The van der Waals surface area contributed by atoms with E-state index in [1.165, 1.54) is 24.3 Å². The molecule has 0 amide bonds. The van der Waals surface area contributed by atoms with Crippen molar-refractivity contribution in [2.24, 2.45) is 0 Å². The molecule has 0 aromatic heterocycles. The summed E-state index contributed by atoms with van der Waals surface area (Å²) in [4.78, 5) is 13.1. The summed E-state index contributed by atoms with van der Waals surface area (Å²) in [6.45, 7) is -0.681. The molecule has 2 heterocycles. The zero-order valence-electron chi connectivity index (χ0n) is 16.1. The second-order valence-corrected chi connectivity index (χ2v) is 7.73. The Morgan fingerprint density at radius 2 is 1.61 bits per heavy atom. The summed E-state index contributed by atoms with van der Waals surface area (Å²) in [6.07, 6.45) is -8.22. The van der Waals surface area contributed by atoms with E-state index in [9.17, 15) is 40.5 Å². The van der Waals surface area contributed by atoms with E-state index in [0.29, 0.717) is 0 Å². The van der Waals surface area contributed by atoms with Gasteiger partial charge in [-0.3, -0.25) is 4.79 Å². The van der Waals surface area contributed by atoms with E-state index < -0.39 is 60.7 Å². The minimum atomic E-state index is -1.79. The Bertz CT molecular complexity index is 988. The van der Waals surface area contributed by atoms with Gasteiger partial charge in [-0.25, -0.2) is 0 Å². The third-order valence-electron chi connectivity index (χ3n) is 5.77. The number of fused-ring (bicyclic) bond motifs is 1. The number of hydrogen-bond donors (Lipinski definition) is 7. The fraction of sp³-hybridized carbons (Fsp3) is 0.381. The summed E-state index contributed by atoms with van der Waals surface area (Å²) < 4.78 is 11.8. The van der Waals surface area contributed by atoms with Crippen molar-refractivity contribution in [1.82, 2.24) is 0 Å². The summed E-state index contributed by atoms with van der Waals surface area (Å²) in [5.74, 6) is -1.72. The van der Waals surface area contributed by atoms with Gasteiger partial charge in [-0.05, 0) is 17.7 Å². The maximum Gasteiger partial charge on any atom is 0.174 e. The van der Waals surface area contributed by atoms with Gasteiger partial charge in [0.15, 0.2) is 11.4 Å². The minimum Gasteiger partial charge on any atom is -0.508 e. The molecule has 166 valence electrons. The first-order valence-corrected chi connectivity index (χ1v) is 9.56. The van der Waals surface area contributed by atoms with Crippen LogP contribution in [0.3, 0.4) is 0 Å². The Labute approximate surface area is 176 Å². The molecule has 0 bridgehead atoms. The van der Waals surface area contributed by atoms with Crippen LogP contribution in [-0.2, 0) is 10.3 Å². The predicted molar refractivity (Wildman–Crippen MR) is 103 cm³/mol. The zero-order chi connectivity index (χ0) is 22.5. The first kappa shape index (κ1) is 21.3. The molecule has 0 spiro atoms. The number of rotatable bonds is 3. The Morgan fingerprint density at radius 1 is 0.935 bits per heavy atom. The van der Waals surface area contributed by atoms with Crippen LogP contribution in [0.5, 0.6) is 23.0 Å². The molecule has 1 unspecified atom stereocenters. The van der Waals surface area contributed by atoms with Crippen LogP contribution in [0.1, 0.15) is 22.3 Å². The number of Topliss-reactive ketones (excluding diaryl/α,β-unsaturated/α-hetero) is 1. The van der Waals surface area contributed by atoms with Gasteiger partial charge < -0.3 is 45.2 Å². The van der Waals surface area contributed by atoms with Crippen LogP contribution in [0.4, 0.5) is 0 Å². The smallest absolute Gasteiger partial charge is 0.174 e.